The summed E-state index contributed by atoms with van der Waals surface area (Å²) in [5, 5.41) is 0.689. The van der Waals surface area contributed by atoms with E-state index in [1.807, 2.05) is 19.9 Å². The molecule has 1 aromatic heterocycles. The Bertz CT molecular complexity index is 1040. The SMILES string of the molecule is COc1cc2ccc(=O)oc2c(OC)c1OC/C=C(\C)CC/C=C(\C)CCC(=O)C(C)C. The van der Waals surface area contributed by atoms with Crippen molar-refractivity contribution in [2.45, 2.75) is 53.4 Å². The van der Waals surface area contributed by atoms with Crippen LogP contribution in [-0.4, -0.2) is 26.6 Å². The summed E-state index contributed by atoms with van der Waals surface area (Å²) in [7, 11) is 3.05. The zero-order chi connectivity index (χ0) is 23.7. The van der Waals surface area contributed by atoms with Crippen LogP contribution in [0.5, 0.6) is 17.2 Å². The zero-order valence-corrected chi connectivity index (χ0v) is 19.9. The van der Waals surface area contributed by atoms with Crippen molar-refractivity contribution in [3.63, 3.8) is 0 Å². The monoisotopic (exact) mass is 442 g/mol. The average Bonchev–Trinajstić information content (AvgIpc) is 2.76. The Hall–Kier alpha value is -3.02. The molecule has 6 heteroatoms. The van der Waals surface area contributed by atoms with Gasteiger partial charge in [0.15, 0.2) is 11.3 Å². The number of hydrogen-bond donors (Lipinski definition) is 0. The molecule has 0 spiro atoms. The van der Waals surface area contributed by atoms with Gasteiger partial charge >= 0.3 is 5.63 Å². The summed E-state index contributed by atoms with van der Waals surface area (Å²) in [6, 6.07) is 4.77. The Labute approximate surface area is 189 Å². The maximum atomic E-state index is 11.8. The van der Waals surface area contributed by atoms with Gasteiger partial charge in [0.25, 0.3) is 0 Å². The standard InChI is InChI=1S/C26H34O6/c1-17(2)21(27)12-10-18(3)8-7-9-19(4)14-15-31-25-22(29-5)16-20-11-13-23(28)32-24(20)26(25)30-6/h8,11,13-14,16-17H,7,9-10,12,15H2,1-6H3/b18-8+,19-14+. The van der Waals surface area contributed by atoms with Gasteiger partial charge < -0.3 is 18.6 Å². The van der Waals surface area contributed by atoms with Crippen molar-refractivity contribution < 1.29 is 23.4 Å². The van der Waals surface area contributed by atoms with Gasteiger partial charge in [0.2, 0.25) is 11.5 Å². The molecule has 0 saturated heterocycles. The molecule has 0 bridgehead atoms. The topological polar surface area (TPSA) is 75.0 Å². The maximum Gasteiger partial charge on any atom is 0.336 e. The van der Waals surface area contributed by atoms with Crippen LogP contribution in [0.3, 0.4) is 0 Å². The molecule has 0 saturated carbocycles. The van der Waals surface area contributed by atoms with E-state index in [9.17, 15) is 9.59 Å². The predicted molar refractivity (Wildman–Crippen MR) is 127 cm³/mol. The summed E-state index contributed by atoms with van der Waals surface area (Å²) in [6.45, 7) is 8.34. The van der Waals surface area contributed by atoms with Crippen LogP contribution >= 0.6 is 0 Å². The second-order valence-corrected chi connectivity index (χ2v) is 8.19. The molecule has 32 heavy (non-hydrogen) atoms. The third-order valence-corrected chi connectivity index (χ3v) is 5.31. The van der Waals surface area contributed by atoms with Crippen LogP contribution in [0.4, 0.5) is 0 Å². The highest BCUT2D eigenvalue weighted by Gasteiger charge is 2.18. The minimum absolute atomic E-state index is 0.101. The lowest BCUT2D eigenvalue weighted by Crippen LogP contribution is -2.06. The van der Waals surface area contributed by atoms with E-state index in [4.69, 9.17) is 18.6 Å². The second kappa shape index (κ2) is 12.1. The number of rotatable bonds is 12. The molecule has 0 unspecified atom stereocenters. The molecule has 1 aromatic carbocycles. The Kier molecular flexibility index (Phi) is 9.57. The first-order chi connectivity index (χ1) is 15.3. The predicted octanol–water partition coefficient (Wildman–Crippen LogP) is 5.87. The number of ether oxygens (including phenoxy) is 3. The van der Waals surface area contributed by atoms with Crippen LogP contribution in [0.15, 0.2) is 50.7 Å². The molecular formula is C26H34O6. The smallest absolute Gasteiger partial charge is 0.336 e. The number of hydrogen-bond acceptors (Lipinski definition) is 6. The van der Waals surface area contributed by atoms with Crippen LogP contribution in [0, 0.1) is 5.92 Å². The van der Waals surface area contributed by atoms with Crippen LogP contribution in [-0.2, 0) is 4.79 Å². The highest BCUT2D eigenvalue weighted by molar-refractivity contribution is 5.88. The van der Waals surface area contributed by atoms with E-state index in [1.54, 1.807) is 19.2 Å². The van der Waals surface area contributed by atoms with Crippen molar-refractivity contribution in [3.05, 3.63) is 51.9 Å². The number of ketones is 1. The number of allylic oxidation sites excluding steroid dienone is 3. The van der Waals surface area contributed by atoms with Crippen molar-refractivity contribution in [1.82, 2.24) is 0 Å². The van der Waals surface area contributed by atoms with Crippen LogP contribution in [0.2, 0.25) is 0 Å². The molecule has 174 valence electrons. The lowest BCUT2D eigenvalue weighted by Gasteiger charge is -2.15. The minimum Gasteiger partial charge on any atom is -0.493 e. The highest BCUT2D eigenvalue weighted by Crippen LogP contribution is 2.43. The third-order valence-electron chi connectivity index (χ3n) is 5.31. The van der Waals surface area contributed by atoms with E-state index < -0.39 is 5.63 Å². The first-order valence-corrected chi connectivity index (χ1v) is 10.9. The molecule has 0 amide bonds. The van der Waals surface area contributed by atoms with Gasteiger partial charge in [0.1, 0.15) is 12.4 Å². The summed E-state index contributed by atoms with van der Waals surface area (Å²) >= 11 is 0. The van der Waals surface area contributed by atoms with Crippen molar-refractivity contribution in [2.75, 3.05) is 20.8 Å². The summed E-state index contributed by atoms with van der Waals surface area (Å²) in [5.41, 5.74) is 2.31. The number of Topliss-reactive ketones (excluding diaryl/α,β-unsaturated/α-hetero) is 1. The molecule has 1 heterocycles. The molecule has 6 nitrogen and oxygen atoms in total. The average molecular weight is 443 g/mol. The molecule has 0 atom stereocenters. The molecule has 2 aromatic rings. The Balaban J connectivity index is 2.00. The molecule has 0 aliphatic heterocycles. The number of benzene rings is 1. The Morgan fingerprint density at radius 1 is 1.00 bits per heavy atom. The van der Waals surface area contributed by atoms with Crippen LogP contribution in [0.25, 0.3) is 11.0 Å². The third kappa shape index (κ3) is 7.01. The van der Waals surface area contributed by atoms with Gasteiger partial charge in [0, 0.05) is 23.8 Å². The molecule has 0 N–H and O–H groups in total. The van der Waals surface area contributed by atoms with E-state index in [2.05, 4.69) is 19.9 Å². The van der Waals surface area contributed by atoms with E-state index >= 15 is 0 Å². The Morgan fingerprint density at radius 2 is 1.72 bits per heavy atom. The van der Waals surface area contributed by atoms with Gasteiger partial charge in [-0.3, -0.25) is 4.79 Å². The molecular weight excluding hydrogens is 408 g/mol. The number of carbonyl (C=O) groups excluding carboxylic acids is 1. The molecule has 2 rings (SSSR count). The fourth-order valence-electron chi connectivity index (χ4n) is 3.24. The summed E-state index contributed by atoms with van der Waals surface area (Å²) in [4.78, 5) is 23.4. The fourth-order valence-corrected chi connectivity index (χ4v) is 3.24. The van der Waals surface area contributed by atoms with Crippen molar-refractivity contribution in [1.29, 1.82) is 0 Å². The Morgan fingerprint density at radius 3 is 2.38 bits per heavy atom. The normalized spacial score (nSPS) is 12.3. The highest BCUT2D eigenvalue weighted by atomic mass is 16.5. The molecule has 0 fully saturated rings. The van der Waals surface area contributed by atoms with Gasteiger partial charge in [-0.25, -0.2) is 4.79 Å². The van der Waals surface area contributed by atoms with E-state index in [-0.39, 0.29) is 5.92 Å². The second-order valence-electron chi connectivity index (χ2n) is 8.19. The van der Waals surface area contributed by atoms with Gasteiger partial charge in [0.05, 0.1) is 14.2 Å². The summed E-state index contributed by atoms with van der Waals surface area (Å²) in [5.74, 6) is 1.64. The number of carbonyl (C=O) groups is 1. The molecule has 0 aliphatic carbocycles. The largest absolute Gasteiger partial charge is 0.493 e. The van der Waals surface area contributed by atoms with E-state index in [0.717, 1.165) is 19.3 Å². The van der Waals surface area contributed by atoms with Crippen molar-refractivity contribution in [3.8, 4) is 17.2 Å². The lowest BCUT2D eigenvalue weighted by molar-refractivity contribution is -0.121. The van der Waals surface area contributed by atoms with Crippen LogP contribution in [0.1, 0.15) is 53.4 Å². The van der Waals surface area contributed by atoms with Crippen LogP contribution < -0.4 is 19.8 Å². The van der Waals surface area contributed by atoms with Gasteiger partial charge in [-0.05, 0) is 51.3 Å². The fraction of sp³-hybridized carbons (Fsp3) is 0.462. The maximum absolute atomic E-state index is 11.8. The number of methoxy groups -OCH3 is 2. The zero-order valence-electron chi connectivity index (χ0n) is 19.9. The quantitative estimate of drug-likeness (QED) is 0.302. The first kappa shape index (κ1) is 25.2. The van der Waals surface area contributed by atoms with Crippen molar-refractivity contribution in [2.24, 2.45) is 5.92 Å². The molecule has 0 aliphatic rings. The molecule has 0 radical (unpaired) electrons. The van der Waals surface area contributed by atoms with Crippen molar-refractivity contribution >= 4 is 16.8 Å². The van der Waals surface area contributed by atoms with E-state index in [0.29, 0.717) is 47.0 Å². The summed E-state index contributed by atoms with van der Waals surface area (Å²) in [6.07, 6.45) is 7.45. The summed E-state index contributed by atoms with van der Waals surface area (Å²) < 4.78 is 22.2. The first-order valence-electron chi connectivity index (χ1n) is 10.9. The van der Waals surface area contributed by atoms with Gasteiger partial charge in [-0.1, -0.05) is 31.1 Å². The minimum atomic E-state index is -0.459. The number of fused-ring (bicyclic) bond motifs is 1. The lowest BCUT2D eigenvalue weighted by atomic mass is 10.0. The van der Waals surface area contributed by atoms with Gasteiger partial charge in [-0.15, -0.1) is 0 Å². The van der Waals surface area contributed by atoms with E-state index in [1.165, 1.54) is 24.3 Å². The van der Waals surface area contributed by atoms with Gasteiger partial charge in [-0.2, -0.15) is 0 Å².